The summed E-state index contributed by atoms with van der Waals surface area (Å²) in [6.07, 6.45) is -3.79. The van der Waals surface area contributed by atoms with Crippen molar-refractivity contribution in [2.45, 2.75) is 18.4 Å². The number of hydrogen-bond donors (Lipinski definition) is 2. The third-order valence-corrected chi connectivity index (χ3v) is 3.01. The number of ether oxygens (including phenoxy) is 1. The van der Waals surface area contributed by atoms with Crippen LogP contribution in [0, 0.1) is 0 Å². The van der Waals surface area contributed by atoms with Gasteiger partial charge in [-0.3, -0.25) is 11.3 Å². The van der Waals surface area contributed by atoms with Crippen molar-refractivity contribution in [3.05, 3.63) is 33.8 Å². The van der Waals surface area contributed by atoms with E-state index in [4.69, 9.17) is 29.0 Å². The second-order valence-corrected chi connectivity index (χ2v) is 4.81. The Hall–Kier alpha value is -0.600. The number of rotatable bonds is 7. The van der Waals surface area contributed by atoms with Gasteiger partial charge >= 0.3 is 12.3 Å². The maximum atomic E-state index is 12.7. The molecule has 0 radical (unpaired) electrons. The van der Waals surface area contributed by atoms with Gasteiger partial charge in [0.15, 0.2) is 0 Å². The topological polar surface area (TPSA) is 47.3 Å². The molecule has 3 nitrogen and oxygen atoms in total. The zero-order valence-electron chi connectivity index (χ0n) is 10.1. The minimum Gasteiger partial charge on any atom is -0.373 e. The molecule has 0 aliphatic carbocycles. The van der Waals surface area contributed by atoms with Crippen LogP contribution in [0.15, 0.2) is 18.2 Å². The Bertz CT molecular complexity index is 448. The van der Waals surface area contributed by atoms with Crippen LogP contribution in [-0.4, -0.2) is 25.6 Å². The van der Waals surface area contributed by atoms with Crippen LogP contribution >= 0.6 is 23.2 Å². The Morgan fingerprint density at radius 2 is 1.95 bits per heavy atom. The number of hydrogen-bond acceptors (Lipinski definition) is 3. The summed E-state index contributed by atoms with van der Waals surface area (Å²) in [5, 5.41) is 0.657. The first-order valence-corrected chi connectivity index (χ1v) is 6.18. The summed E-state index contributed by atoms with van der Waals surface area (Å²) in [7, 11) is 0. The standard InChI is InChI=1S/C11H12Cl2F4N2O/c12-6-1-2-8(13)7(3-6)9(19-18)4-20-5-11(16,17)10(14)15/h1-3,9-10,19H,4-5,18H2. The minimum atomic E-state index is -4.21. The maximum absolute atomic E-state index is 12.7. The van der Waals surface area contributed by atoms with E-state index in [1.807, 2.05) is 0 Å². The van der Waals surface area contributed by atoms with Crippen LogP contribution in [0.4, 0.5) is 17.6 Å². The highest BCUT2D eigenvalue weighted by atomic mass is 35.5. The molecule has 0 spiro atoms. The molecule has 0 heterocycles. The van der Waals surface area contributed by atoms with Gasteiger partial charge in [-0.1, -0.05) is 23.2 Å². The zero-order chi connectivity index (χ0) is 15.3. The molecular formula is C11H12Cl2F4N2O. The molecule has 0 saturated carbocycles. The lowest BCUT2D eigenvalue weighted by atomic mass is 10.1. The van der Waals surface area contributed by atoms with E-state index in [1.165, 1.54) is 18.2 Å². The summed E-state index contributed by atoms with van der Waals surface area (Å²) in [5.41, 5.74) is 2.72. The van der Waals surface area contributed by atoms with Gasteiger partial charge in [-0.25, -0.2) is 8.78 Å². The quantitative estimate of drug-likeness (QED) is 0.456. The molecular weight excluding hydrogens is 323 g/mol. The Labute approximate surface area is 122 Å². The molecule has 0 aliphatic rings. The van der Waals surface area contributed by atoms with E-state index >= 15 is 0 Å². The highest BCUT2D eigenvalue weighted by Crippen LogP contribution is 2.27. The fourth-order valence-corrected chi connectivity index (χ4v) is 1.81. The van der Waals surface area contributed by atoms with Crippen LogP contribution in [0.25, 0.3) is 0 Å². The predicted octanol–water partition coefficient (Wildman–Crippen LogP) is 3.41. The summed E-state index contributed by atoms with van der Waals surface area (Å²) < 4.78 is 53.8. The van der Waals surface area contributed by atoms with E-state index in [9.17, 15) is 17.6 Å². The van der Waals surface area contributed by atoms with Gasteiger partial charge in [-0.2, -0.15) is 8.78 Å². The number of nitrogens with one attached hydrogen (secondary N) is 1. The lowest BCUT2D eigenvalue weighted by molar-refractivity contribution is -0.167. The lowest BCUT2D eigenvalue weighted by Crippen LogP contribution is -2.36. The van der Waals surface area contributed by atoms with Crippen molar-refractivity contribution in [1.29, 1.82) is 0 Å². The third-order valence-electron chi connectivity index (χ3n) is 2.43. The van der Waals surface area contributed by atoms with Crippen LogP contribution in [0.3, 0.4) is 0 Å². The summed E-state index contributed by atoms with van der Waals surface area (Å²) in [5.74, 6) is 1.05. The van der Waals surface area contributed by atoms with Crippen LogP contribution in [0.5, 0.6) is 0 Å². The molecule has 114 valence electrons. The van der Waals surface area contributed by atoms with Gasteiger partial charge in [-0.05, 0) is 23.8 Å². The van der Waals surface area contributed by atoms with E-state index in [0.717, 1.165) is 0 Å². The first-order valence-electron chi connectivity index (χ1n) is 5.42. The highest BCUT2D eigenvalue weighted by Gasteiger charge is 2.41. The lowest BCUT2D eigenvalue weighted by Gasteiger charge is -2.20. The average Bonchev–Trinajstić information content (AvgIpc) is 2.37. The highest BCUT2D eigenvalue weighted by molar-refractivity contribution is 6.33. The molecule has 1 aromatic rings. The summed E-state index contributed by atoms with van der Waals surface area (Å²) in [6.45, 7) is -1.78. The molecule has 1 unspecified atom stereocenters. The molecule has 3 N–H and O–H groups in total. The molecule has 0 aliphatic heterocycles. The van der Waals surface area contributed by atoms with E-state index in [1.54, 1.807) is 0 Å². The van der Waals surface area contributed by atoms with Gasteiger partial charge in [0.25, 0.3) is 0 Å². The van der Waals surface area contributed by atoms with Gasteiger partial charge in [0, 0.05) is 10.0 Å². The van der Waals surface area contributed by atoms with Crippen LogP contribution < -0.4 is 11.3 Å². The zero-order valence-corrected chi connectivity index (χ0v) is 11.6. The second kappa shape index (κ2) is 7.42. The van der Waals surface area contributed by atoms with Crippen molar-refractivity contribution in [2.75, 3.05) is 13.2 Å². The largest absolute Gasteiger partial charge is 0.373 e. The summed E-state index contributed by atoms with van der Waals surface area (Å²) in [6, 6.07) is 3.75. The van der Waals surface area contributed by atoms with E-state index in [-0.39, 0.29) is 6.61 Å². The number of halogens is 6. The van der Waals surface area contributed by atoms with Crippen LogP contribution in [0.1, 0.15) is 11.6 Å². The van der Waals surface area contributed by atoms with E-state index in [2.05, 4.69) is 10.2 Å². The Morgan fingerprint density at radius 1 is 1.30 bits per heavy atom. The fraction of sp³-hybridized carbons (Fsp3) is 0.455. The predicted molar refractivity (Wildman–Crippen MR) is 68.3 cm³/mol. The number of benzene rings is 1. The Balaban J connectivity index is 2.67. The summed E-state index contributed by atoms with van der Waals surface area (Å²) >= 11 is 11.7. The third kappa shape index (κ3) is 4.75. The van der Waals surface area contributed by atoms with Crippen molar-refractivity contribution in [3.8, 4) is 0 Å². The average molecular weight is 335 g/mol. The maximum Gasteiger partial charge on any atom is 0.330 e. The monoisotopic (exact) mass is 334 g/mol. The van der Waals surface area contributed by atoms with Crippen molar-refractivity contribution in [1.82, 2.24) is 5.43 Å². The summed E-state index contributed by atoms with van der Waals surface area (Å²) in [4.78, 5) is 0. The molecule has 0 fully saturated rings. The Morgan fingerprint density at radius 3 is 2.50 bits per heavy atom. The number of hydrazine groups is 1. The number of alkyl halides is 4. The second-order valence-electron chi connectivity index (χ2n) is 3.96. The van der Waals surface area contributed by atoms with Gasteiger partial charge in [0.2, 0.25) is 0 Å². The smallest absolute Gasteiger partial charge is 0.330 e. The minimum absolute atomic E-state index is 0.293. The molecule has 0 amide bonds. The van der Waals surface area contributed by atoms with Crippen molar-refractivity contribution in [2.24, 2.45) is 5.84 Å². The van der Waals surface area contributed by atoms with Gasteiger partial charge in [-0.15, -0.1) is 0 Å². The molecule has 0 aromatic heterocycles. The number of nitrogens with two attached hydrogens (primary N) is 1. The molecule has 0 bridgehead atoms. The fourth-order valence-electron chi connectivity index (χ4n) is 1.39. The normalized spacial score (nSPS) is 13.8. The first kappa shape index (κ1) is 17.5. The molecule has 0 saturated heterocycles. The van der Waals surface area contributed by atoms with E-state index < -0.39 is 25.0 Å². The van der Waals surface area contributed by atoms with Crippen molar-refractivity contribution in [3.63, 3.8) is 0 Å². The molecule has 9 heteroatoms. The van der Waals surface area contributed by atoms with Crippen LogP contribution in [-0.2, 0) is 4.74 Å². The molecule has 1 aromatic carbocycles. The first-order chi connectivity index (χ1) is 9.27. The SMILES string of the molecule is NNC(COCC(F)(F)C(F)F)c1cc(Cl)ccc1Cl. The molecule has 20 heavy (non-hydrogen) atoms. The molecule has 1 rings (SSSR count). The van der Waals surface area contributed by atoms with Crippen molar-refractivity contribution >= 4 is 23.2 Å². The van der Waals surface area contributed by atoms with Crippen LogP contribution in [0.2, 0.25) is 10.0 Å². The Kier molecular flexibility index (Phi) is 6.47. The van der Waals surface area contributed by atoms with Gasteiger partial charge in [0.1, 0.15) is 6.61 Å². The van der Waals surface area contributed by atoms with Gasteiger partial charge < -0.3 is 4.74 Å². The molecule has 1 atom stereocenters. The van der Waals surface area contributed by atoms with Gasteiger partial charge in [0.05, 0.1) is 12.6 Å². The van der Waals surface area contributed by atoms with Crippen molar-refractivity contribution < 1.29 is 22.3 Å². The van der Waals surface area contributed by atoms with E-state index in [0.29, 0.717) is 15.6 Å².